The van der Waals surface area contributed by atoms with E-state index in [1.54, 1.807) is 6.33 Å². The number of aryl methyl sites for hydroxylation is 1. The van der Waals surface area contributed by atoms with Gasteiger partial charge in [0, 0.05) is 35.0 Å². The number of hydrogen-bond donors (Lipinski definition) is 1. The molecule has 30 heavy (non-hydrogen) atoms. The van der Waals surface area contributed by atoms with Crippen LogP contribution in [0.15, 0.2) is 66.2 Å². The third kappa shape index (κ3) is 4.57. The maximum atomic E-state index is 12.5. The summed E-state index contributed by atoms with van der Waals surface area (Å²) in [6, 6.07) is 16.2. The van der Waals surface area contributed by atoms with Crippen molar-refractivity contribution in [2.45, 2.75) is 32.5 Å². The Balaban J connectivity index is 1.40. The van der Waals surface area contributed by atoms with Crippen LogP contribution in [0, 0.1) is 12.8 Å². The lowest BCUT2D eigenvalue weighted by Gasteiger charge is -2.10. The molecule has 1 amide bonds. The molecule has 0 aliphatic heterocycles. The van der Waals surface area contributed by atoms with E-state index in [0.717, 1.165) is 23.3 Å². The van der Waals surface area contributed by atoms with Crippen LogP contribution in [0.5, 0.6) is 0 Å². The molecule has 4 aromatic rings. The first-order valence-corrected chi connectivity index (χ1v) is 11.0. The zero-order valence-corrected chi connectivity index (χ0v) is 18.2. The van der Waals surface area contributed by atoms with Crippen molar-refractivity contribution in [3.63, 3.8) is 0 Å². The van der Waals surface area contributed by atoms with Crippen molar-refractivity contribution in [2.24, 2.45) is 5.92 Å². The van der Waals surface area contributed by atoms with E-state index in [4.69, 9.17) is 0 Å². The Kier molecular flexibility index (Phi) is 5.90. The average Bonchev–Trinajstić information content (AvgIpc) is 3.34. The Morgan fingerprint density at radius 1 is 1.13 bits per heavy atom. The predicted octanol–water partition coefficient (Wildman–Crippen LogP) is 4.92. The van der Waals surface area contributed by atoms with Crippen molar-refractivity contribution in [3.8, 4) is 5.69 Å². The molecule has 7 heteroatoms. The highest BCUT2D eigenvalue weighted by atomic mass is 32.2. The third-order valence-corrected chi connectivity index (χ3v) is 5.72. The van der Waals surface area contributed by atoms with E-state index in [-0.39, 0.29) is 11.7 Å². The molecule has 0 saturated heterocycles. The molecule has 154 valence electrons. The average molecular weight is 420 g/mol. The van der Waals surface area contributed by atoms with E-state index in [0.29, 0.717) is 11.1 Å². The molecule has 2 aromatic heterocycles. The largest absolute Gasteiger partial charge is 0.347 e. The van der Waals surface area contributed by atoms with Crippen LogP contribution in [0.4, 0.5) is 5.69 Å². The lowest BCUT2D eigenvalue weighted by atomic mass is 10.2. The minimum absolute atomic E-state index is 0.0700. The second-order valence-electron chi connectivity index (χ2n) is 7.79. The van der Waals surface area contributed by atoms with Gasteiger partial charge in [0.25, 0.3) is 0 Å². The number of thioether (sulfide) groups is 1. The van der Waals surface area contributed by atoms with Gasteiger partial charge in [-0.1, -0.05) is 43.3 Å². The van der Waals surface area contributed by atoms with Crippen molar-refractivity contribution in [1.82, 2.24) is 19.3 Å². The number of carbonyl (C=O) groups excluding carboxylic acids is 1. The van der Waals surface area contributed by atoms with Crippen molar-refractivity contribution in [1.29, 1.82) is 0 Å². The lowest BCUT2D eigenvalue weighted by Crippen LogP contribution is -2.14. The summed E-state index contributed by atoms with van der Waals surface area (Å²) in [5, 5.41) is 13.0. The van der Waals surface area contributed by atoms with Gasteiger partial charge in [-0.25, -0.2) is 0 Å². The number of rotatable bonds is 7. The zero-order chi connectivity index (χ0) is 21.1. The molecule has 1 N–H and O–H groups in total. The van der Waals surface area contributed by atoms with Crippen LogP contribution >= 0.6 is 11.8 Å². The van der Waals surface area contributed by atoms with Gasteiger partial charge in [-0.05, 0) is 49.2 Å². The van der Waals surface area contributed by atoms with Gasteiger partial charge < -0.3 is 9.88 Å². The van der Waals surface area contributed by atoms with Gasteiger partial charge in [0.1, 0.15) is 6.33 Å². The Hall–Kier alpha value is -3.06. The van der Waals surface area contributed by atoms with Crippen molar-refractivity contribution >= 4 is 34.3 Å². The van der Waals surface area contributed by atoms with Crippen LogP contribution in [0.3, 0.4) is 0 Å². The molecule has 4 rings (SSSR count). The second-order valence-corrected chi connectivity index (χ2v) is 8.73. The van der Waals surface area contributed by atoms with Crippen LogP contribution in [-0.2, 0) is 11.3 Å². The fourth-order valence-corrected chi connectivity index (χ4v) is 4.09. The normalized spacial score (nSPS) is 11.3. The van der Waals surface area contributed by atoms with E-state index >= 15 is 0 Å². The summed E-state index contributed by atoms with van der Waals surface area (Å²) in [4.78, 5) is 12.5. The zero-order valence-electron chi connectivity index (χ0n) is 17.4. The molecule has 0 aliphatic rings. The molecule has 0 unspecified atom stereocenters. The molecule has 0 radical (unpaired) electrons. The fraction of sp³-hybridized carbons (Fsp3) is 0.261. The molecule has 0 fully saturated rings. The molecular weight excluding hydrogens is 394 g/mol. The number of anilines is 1. The number of amides is 1. The van der Waals surface area contributed by atoms with Gasteiger partial charge in [-0.15, -0.1) is 10.2 Å². The van der Waals surface area contributed by atoms with Crippen molar-refractivity contribution in [2.75, 3.05) is 11.1 Å². The summed E-state index contributed by atoms with van der Waals surface area (Å²) in [7, 11) is 0. The molecule has 6 nitrogen and oxygen atoms in total. The van der Waals surface area contributed by atoms with Gasteiger partial charge in [0.05, 0.1) is 5.75 Å². The highest BCUT2D eigenvalue weighted by Crippen LogP contribution is 2.23. The highest BCUT2D eigenvalue weighted by molar-refractivity contribution is 7.99. The second kappa shape index (κ2) is 8.75. The fourth-order valence-electron chi connectivity index (χ4n) is 3.36. The molecule has 0 atom stereocenters. The Bertz CT molecular complexity index is 1160. The van der Waals surface area contributed by atoms with E-state index in [1.165, 1.54) is 22.8 Å². The number of fused-ring (bicyclic) bond motifs is 1. The molecule has 2 heterocycles. The van der Waals surface area contributed by atoms with Crippen LogP contribution < -0.4 is 5.32 Å². The topological polar surface area (TPSA) is 64.7 Å². The third-order valence-electron chi connectivity index (χ3n) is 4.78. The Morgan fingerprint density at radius 3 is 2.70 bits per heavy atom. The first kappa shape index (κ1) is 20.2. The summed E-state index contributed by atoms with van der Waals surface area (Å²) >= 11 is 1.37. The minimum atomic E-state index is -0.0700. The monoisotopic (exact) mass is 419 g/mol. The maximum absolute atomic E-state index is 12.5. The standard InChI is InChI=1S/C23H25N5OS/c1-16(2)13-27-11-10-18-12-19(6-9-21(18)27)25-22(29)14-30-23-26-24-15-28(23)20-7-4-17(3)5-8-20/h4-12,15-16H,13-14H2,1-3H3,(H,25,29). The smallest absolute Gasteiger partial charge is 0.234 e. The van der Waals surface area contributed by atoms with Gasteiger partial charge in [-0.2, -0.15) is 0 Å². The number of nitrogens with zero attached hydrogens (tertiary/aromatic N) is 4. The predicted molar refractivity (Wildman–Crippen MR) is 122 cm³/mol. The maximum Gasteiger partial charge on any atom is 0.234 e. The van der Waals surface area contributed by atoms with E-state index < -0.39 is 0 Å². The highest BCUT2D eigenvalue weighted by Gasteiger charge is 2.11. The van der Waals surface area contributed by atoms with Crippen molar-refractivity contribution in [3.05, 3.63) is 66.6 Å². The summed E-state index contributed by atoms with van der Waals surface area (Å²) in [6.45, 7) is 7.44. The number of nitrogens with one attached hydrogen (secondary N) is 1. The van der Waals surface area contributed by atoms with Gasteiger partial charge in [0.15, 0.2) is 5.16 Å². The Labute approximate surface area is 180 Å². The first-order chi connectivity index (χ1) is 14.5. The molecule has 2 aromatic carbocycles. The quantitative estimate of drug-likeness (QED) is 0.432. The number of carbonyl (C=O) groups is 1. The van der Waals surface area contributed by atoms with E-state index in [9.17, 15) is 4.79 Å². The molecule has 0 aliphatic carbocycles. The van der Waals surface area contributed by atoms with Crippen LogP contribution in [0.25, 0.3) is 16.6 Å². The van der Waals surface area contributed by atoms with Crippen LogP contribution in [0.2, 0.25) is 0 Å². The number of hydrogen-bond acceptors (Lipinski definition) is 4. The van der Waals surface area contributed by atoms with E-state index in [2.05, 4.69) is 52.3 Å². The summed E-state index contributed by atoms with van der Waals surface area (Å²) in [6.07, 6.45) is 3.77. The summed E-state index contributed by atoms with van der Waals surface area (Å²) in [5.74, 6) is 0.773. The van der Waals surface area contributed by atoms with Gasteiger partial charge >= 0.3 is 0 Å². The number of aromatic nitrogens is 4. The SMILES string of the molecule is Cc1ccc(-n2cnnc2SCC(=O)Nc2ccc3c(ccn3CC(C)C)c2)cc1. The first-order valence-electron chi connectivity index (χ1n) is 9.98. The number of benzene rings is 2. The molecule has 0 saturated carbocycles. The lowest BCUT2D eigenvalue weighted by molar-refractivity contribution is -0.113. The molecular formula is C23H25N5OS. The van der Waals surface area contributed by atoms with Crippen molar-refractivity contribution < 1.29 is 4.79 Å². The van der Waals surface area contributed by atoms with Gasteiger partial charge in [-0.3, -0.25) is 9.36 Å². The molecule has 0 bridgehead atoms. The van der Waals surface area contributed by atoms with E-state index in [1.807, 2.05) is 47.9 Å². The Morgan fingerprint density at radius 2 is 1.93 bits per heavy atom. The van der Waals surface area contributed by atoms with Crippen LogP contribution in [-0.4, -0.2) is 31.0 Å². The summed E-state index contributed by atoms with van der Waals surface area (Å²) < 4.78 is 4.14. The summed E-state index contributed by atoms with van der Waals surface area (Å²) in [5.41, 5.74) is 4.15. The van der Waals surface area contributed by atoms with Gasteiger partial charge in [0.2, 0.25) is 5.91 Å². The minimum Gasteiger partial charge on any atom is -0.347 e. The molecule has 0 spiro atoms. The van der Waals surface area contributed by atoms with Crippen LogP contribution in [0.1, 0.15) is 19.4 Å².